The van der Waals surface area contributed by atoms with Gasteiger partial charge in [0.2, 0.25) is 0 Å². The summed E-state index contributed by atoms with van der Waals surface area (Å²) in [6.45, 7) is -0.358. The zero-order chi connectivity index (χ0) is 12.1. The second-order valence-electron chi connectivity index (χ2n) is 3.06. The quantitative estimate of drug-likeness (QED) is 0.519. The lowest BCUT2D eigenvalue weighted by molar-refractivity contribution is -0.386. The second-order valence-corrected chi connectivity index (χ2v) is 3.06. The molecular weight excluding hydrogens is 216 g/mol. The molecular formula is C9H10N2O5. The summed E-state index contributed by atoms with van der Waals surface area (Å²) in [6, 6.07) is 2.44. The molecule has 0 aliphatic rings. The van der Waals surface area contributed by atoms with Gasteiger partial charge in [-0.25, -0.2) is 0 Å². The number of nitrogens with zero attached hydrogens (tertiary/aromatic N) is 2. The number of methoxy groups -OCH3 is 1. The standard InChI is InChI=1S/C9H10N2O5/c1-16-6-7(12)5-10-4-2-3-8(9(10)13)11(14)15/h2-4H,5-6H2,1H3. The van der Waals surface area contributed by atoms with Crippen molar-refractivity contribution in [2.24, 2.45) is 0 Å². The SMILES string of the molecule is COCC(=O)Cn1cccc([N+](=O)[O-])c1=O. The van der Waals surface area contributed by atoms with Crippen LogP contribution in [0.3, 0.4) is 0 Å². The molecule has 16 heavy (non-hydrogen) atoms. The average molecular weight is 226 g/mol. The molecule has 0 atom stereocenters. The van der Waals surface area contributed by atoms with Gasteiger partial charge in [-0.3, -0.25) is 19.7 Å². The van der Waals surface area contributed by atoms with E-state index in [1.54, 1.807) is 0 Å². The van der Waals surface area contributed by atoms with Gasteiger partial charge in [-0.05, 0) is 6.07 Å². The van der Waals surface area contributed by atoms with E-state index in [0.717, 1.165) is 10.6 Å². The molecule has 0 aliphatic carbocycles. The monoisotopic (exact) mass is 226 g/mol. The molecule has 0 aromatic carbocycles. The predicted molar refractivity (Wildman–Crippen MR) is 54.2 cm³/mol. The first-order valence-corrected chi connectivity index (χ1v) is 4.40. The number of carbonyl (C=O) groups excluding carboxylic acids is 1. The Morgan fingerprint density at radius 2 is 2.31 bits per heavy atom. The van der Waals surface area contributed by atoms with Crippen molar-refractivity contribution in [1.82, 2.24) is 4.57 Å². The first kappa shape index (κ1) is 12.1. The minimum Gasteiger partial charge on any atom is -0.377 e. The molecule has 0 saturated carbocycles. The van der Waals surface area contributed by atoms with Crippen molar-refractivity contribution >= 4 is 11.5 Å². The Labute approximate surface area is 90.4 Å². The molecule has 0 bridgehead atoms. The maximum absolute atomic E-state index is 11.5. The fourth-order valence-corrected chi connectivity index (χ4v) is 1.18. The van der Waals surface area contributed by atoms with Crippen LogP contribution in [0, 0.1) is 10.1 Å². The van der Waals surface area contributed by atoms with Gasteiger partial charge in [0, 0.05) is 19.4 Å². The third-order valence-corrected chi connectivity index (χ3v) is 1.85. The molecule has 0 amide bonds. The topological polar surface area (TPSA) is 91.4 Å². The highest BCUT2D eigenvalue weighted by atomic mass is 16.6. The number of nitro groups is 1. The fourth-order valence-electron chi connectivity index (χ4n) is 1.18. The number of rotatable bonds is 5. The van der Waals surface area contributed by atoms with Crippen molar-refractivity contribution in [2.75, 3.05) is 13.7 Å². The Morgan fingerprint density at radius 3 is 2.88 bits per heavy atom. The van der Waals surface area contributed by atoms with E-state index in [4.69, 9.17) is 0 Å². The van der Waals surface area contributed by atoms with Crippen LogP contribution in [0.1, 0.15) is 0 Å². The van der Waals surface area contributed by atoms with E-state index in [0.29, 0.717) is 0 Å². The van der Waals surface area contributed by atoms with Crippen LogP contribution in [0.25, 0.3) is 0 Å². The Bertz CT molecular complexity index is 465. The van der Waals surface area contributed by atoms with Gasteiger partial charge < -0.3 is 9.30 Å². The Morgan fingerprint density at radius 1 is 1.62 bits per heavy atom. The number of hydrogen-bond donors (Lipinski definition) is 0. The molecule has 1 aromatic rings. The number of hydrogen-bond acceptors (Lipinski definition) is 5. The molecule has 7 nitrogen and oxygen atoms in total. The van der Waals surface area contributed by atoms with E-state index in [-0.39, 0.29) is 18.9 Å². The lowest BCUT2D eigenvalue weighted by atomic mass is 10.3. The summed E-state index contributed by atoms with van der Waals surface area (Å²) >= 11 is 0. The second kappa shape index (κ2) is 5.17. The van der Waals surface area contributed by atoms with E-state index in [2.05, 4.69) is 4.74 Å². The van der Waals surface area contributed by atoms with Crippen LogP contribution < -0.4 is 5.56 Å². The van der Waals surface area contributed by atoms with E-state index in [1.165, 1.54) is 19.4 Å². The molecule has 1 aromatic heterocycles. The molecule has 1 heterocycles. The number of ether oxygens (including phenoxy) is 1. The number of pyridine rings is 1. The maximum Gasteiger partial charge on any atom is 0.334 e. The van der Waals surface area contributed by atoms with Crippen molar-refractivity contribution in [3.05, 3.63) is 38.8 Å². The minimum absolute atomic E-state index is 0.130. The van der Waals surface area contributed by atoms with Gasteiger partial charge in [-0.15, -0.1) is 0 Å². The molecule has 86 valence electrons. The summed E-state index contributed by atoms with van der Waals surface area (Å²) in [7, 11) is 1.36. The summed E-state index contributed by atoms with van der Waals surface area (Å²) < 4.78 is 5.58. The Kier molecular flexibility index (Phi) is 3.90. The summed E-state index contributed by atoms with van der Waals surface area (Å²) in [4.78, 5) is 32.4. The van der Waals surface area contributed by atoms with Gasteiger partial charge in [0.15, 0.2) is 5.78 Å². The zero-order valence-electron chi connectivity index (χ0n) is 8.58. The first-order chi connectivity index (χ1) is 7.56. The van der Waals surface area contributed by atoms with Crippen LogP contribution in [0.4, 0.5) is 5.69 Å². The molecule has 0 unspecified atom stereocenters. The summed E-state index contributed by atoms with van der Waals surface area (Å²) in [5, 5.41) is 10.5. The normalized spacial score (nSPS) is 10.1. The number of carbonyl (C=O) groups is 1. The van der Waals surface area contributed by atoms with Crippen LogP contribution in [0.15, 0.2) is 23.1 Å². The Balaban J connectivity index is 2.98. The lowest BCUT2D eigenvalue weighted by Gasteiger charge is -2.03. The van der Waals surface area contributed by atoms with E-state index in [9.17, 15) is 19.7 Å². The molecule has 0 N–H and O–H groups in total. The molecule has 0 radical (unpaired) electrons. The Hall–Kier alpha value is -2.02. The smallest absolute Gasteiger partial charge is 0.334 e. The van der Waals surface area contributed by atoms with Crippen molar-refractivity contribution < 1.29 is 14.5 Å². The van der Waals surface area contributed by atoms with Gasteiger partial charge in [-0.1, -0.05) is 0 Å². The molecule has 0 spiro atoms. The number of Topliss-reactive ketones (excluding diaryl/α,β-unsaturated/α-hetero) is 1. The maximum atomic E-state index is 11.5. The summed E-state index contributed by atoms with van der Waals surface area (Å²) in [5.41, 5.74) is -1.34. The van der Waals surface area contributed by atoms with Crippen LogP contribution in [0.2, 0.25) is 0 Å². The number of ketones is 1. The molecule has 0 aliphatic heterocycles. The summed E-state index contributed by atoms with van der Waals surface area (Å²) in [5.74, 6) is -0.329. The van der Waals surface area contributed by atoms with E-state index < -0.39 is 16.2 Å². The predicted octanol–water partition coefficient (Wildman–Crippen LogP) is -0.0280. The van der Waals surface area contributed by atoms with Crippen LogP contribution >= 0.6 is 0 Å². The first-order valence-electron chi connectivity index (χ1n) is 4.40. The van der Waals surface area contributed by atoms with E-state index in [1.807, 2.05) is 0 Å². The average Bonchev–Trinajstić information content (AvgIpc) is 2.21. The zero-order valence-corrected chi connectivity index (χ0v) is 8.58. The molecule has 7 heteroatoms. The third-order valence-electron chi connectivity index (χ3n) is 1.85. The highest BCUT2D eigenvalue weighted by molar-refractivity contribution is 5.79. The van der Waals surface area contributed by atoms with Gasteiger partial charge in [0.1, 0.15) is 6.61 Å². The molecule has 1 rings (SSSR count). The van der Waals surface area contributed by atoms with Crippen molar-refractivity contribution in [1.29, 1.82) is 0 Å². The van der Waals surface area contributed by atoms with Crippen molar-refractivity contribution in [3.8, 4) is 0 Å². The minimum atomic E-state index is -0.794. The van der Waals surface area contributed by atoms with Gasteiger partial charge in [0.25, 0.3) is 0 Å². The van der Waals surface area contributed by atoms with Gasteiger partial charge >= 0.3 is 11.2 Å². The van der Waals surface area contributed by atoms with Crippen molar-refractivity contribution in [3.63, 3.8) is 0 Å². The van der Waals surface area contributed by atoms with Gasteiger partial charge in [0.05, 0.1) is 11.5 Å². The largest absolute Gasteiger partial charge is 0.377 e. The highest BCUT2D eigenvalue weighted by Gasteiger charge is 2.14. The lowest BCUT2D eigenvalue weighted by Crippen LogP contribution is -2.26. The van der Waals surface area contributed by atoms with Crippen LogP contribution in [-0.2, 0) is 16.1 Å². The van der Waals surface area contributed by atoms with Crippen LogP contribution in [0.5, 0.6) is 0 Å². The fraction of sp³-hybridized carbons (Fsp3) is 0.333. The molecule has 0 fully saturated rings. The third kappa shape index (κ3) is 2.74. The molecule has 0 saturated heterocycles. The van der Waals surface area contributed by atoms with E-state index >= 15 is 0 Å². The van der Waals surface area contributed by atoms with Crippen molar-refractivity contribution in [2.45, 2.75) is 6.54 Å². The van der Waals surface area contributed by atoms with Crippen LogP contribution in [-0.4, -0.2) is 29.0 Å². The number of aromatic nitrogens is 1. The van der Waals surface area contributed by atoms with Gasteiger partial charge in [-0.2, -0.15) is 0 Å². The highest BCUT2D eigenvalue weighted by Crippen LogP contribution is 2.01. The summed E-state index contributed by atoms with van der Waals surface area (Å²) in [6.07, 6.45) is 1.32.